The Hall–Kier alpha value is -2.38. The predicted octanol–water partition coefficient (Wildman–Crippen LogP) is -0.0587. The van der Waals surface area contributed by atoms with E-state index in [1.807, 2.05) is 0 Å². The number of carbonyl (C=O) groups is 1. The molecule has 0 spiro atoms. The highest BCUT2D eigenvalue weighted by molar-refractivity contribution is 5.73. The van der Waals surface area contributed by atoms with Gasteiger partial charge in [-0.05, 0) is 25.7 Å². The lowest BCUT2D eigenvalue weighted by Crippen LogP contribution is -2.44. The highest BCUT2D eigenvalue weighted by Gasteiger charge is 2.36. The first-order valence-corrected chi connectivity index (χ1v) is 7.55. The second-order valence-electron chi connectivity index (χ2n) is 6.21. The molecule has 0 N–H and O–H groups in total. The summed E-state index contributed by atoms with van der Waals surface area (Å²) in [5.74, 6) is 0.474. The Kier molecular flexibility index (Phi) is 3.62. The number of methoxy groups -OCH3 is 1. The molecule has 0 radical (unpaired) electrons. The third kappa shape index (κ3) is 2.29. The zero-order valence-electron chi connectivity index (χ0n) is 13.7. The molecule has 0 bridgehead atoms. The van der Waals surface area contributed by atoms with Crippen molar-refractivity contribution in [1.82, 2.24) is 18.7 Å². The normalized spacial score (nSPS) is 20.5. The van der Waals surface area contributed by atoms with Crippen LogP contribution in [0.3, 0.4) is 0 Å². The van der Waals surface area contributed by atoms with Crippen molar-refractivity contribution in [3.63, 3.8) is 0 Å². The highest BCUT2D eigenvalue weighted by Crippen LogP contribution is 2.35. The van der Waals surface area contributed by atoms with Crippen molar-refractivity contribution in [3.8, 4) is 0 Å². The lowest BCUT2D eigenvalue weighted by Gasteiger charge is -2.33. The van der Waals surface area contributed by atoms with Crippen LogP contribution in [0.15, 0.2) is 9.59 Å². The van der Waals surface area contributed by atoms with Gasteiger partial charge in [0.25, 0.3) is 5.56 Å². The third-order valence-corrected chi connectivity index (χ3v) is 4.79. The van der Waals surface area contributed by atoms with E-state index in [2.05, 4.69) is 4.98 Å². The van der Waals surface area contributed by atoms with E-state index < -0.39 is 0 Å². The molecule has 0 aromatic carbocycles. The van der Waals surface area contributed by atoms with E-state index in [0.29, 0.717) is 36.4 Å². The number of carbonyl (C=O) groups excluding carboxylic acids is 1. The van der Waals surface area contributed by atoms with Crippen molar-refractivity contribution >= 4 is 17.1 Å². The van der Waals surface area contributed by atoms with Crippen LogP contribution >= 0.6 is 0 Å². The number of aryl methyl sites for hydroxylation is 3. The van der Waals surface area contributed by atoms with Crippen molar-refractivity contribution in [3.05, 3.63) is 26.7 Å². The molecule has 3 rings (SSSR count). The molecule has 2 aromatic heterocycles. The number of aromatic nitrogens is 4. The van der Waals surface area contributed by atoms with Crippen LogP contribution in [0.25, 0.3) is 11.2 Å². The molecule has 0 aliphatic heterocycles. The van der Waals surface area contributed by atoms with E-state index in [0.717, 1.165) is 0 Å². The van der Waals surface area contributed by atoms with E-state index in [1.165, 1.54) is 16.2 Å². The highest BCUT2D eigenvalue weighted by atomic mass is 16.5. The minimum absolute atomic E-state index is 0.118. The number of rotatable bonds is 3. The molecule has 23 heavy (non-hydrogen) atoms. The van der Waals surface area contributed by atoms with Crippen LogP contribution in [0.5, 0.6) is 0 Å². The smallest absolute Gasteiger partial charge is 0.332 e. The van der Waals surface area contributed by atoms with E-state index in [-0.39, 0.29) is 29.1 Å². The molecule has 2 heterocycles. The summed E-state index contributed by atoms with van der Waals surface area (Å²) in [6, 6.07) is 0. The summed E-state index contributed by atoms with van der Waals surface area (Å²) >= 11 is 0. The number of nitrogens with zero attached hydrogens (tertiary/aromatic N) is 4. The van der Waals surface area contributed by atoms with Gasteiger partial charge in [0.2, 0.25) is 0 Å². The molecular formula is C15H20N4O4. The van der Waals surface area contributed by atoms with E-state index in [9.17, 15) is 14.4 Å². The molecule has 0 atom stereocenters. The summed E-state index contributed by atoms with van der Waals surface area (Å²) in [5.41, 5.74) is 0.126. The largest absolute Gasteiger partial charge is 0.469 e. The third-order valence-electron chi connectivity index (χ3n) is 4.79. The Labute approximate surface area is 132 Å². The van der Waals surface area contributed by atoms with E-state index in [4.69, 9.17) is 4.74 Å². The number of fused-ring (bicyclic) bond motifs is 1. The van der Waals surface area contributed by atoms with Gasteiger partial charge in [-0.3, -0.25) is 18.7 Å². The van der Waals surface area contributed by atoms with Gasteiger partial charge in [0.1, 0.15) is 5.82 Å². The van der Waals surface area contributed by atoms with Gasteiger partial charge in [-0.1, -0.05) is 0 Å². The zero-order valence-corrected chi connectivity index (χ0v) is 13.7. The van der Waals surface area contributed by atoms with Crippen molar-refractivity contribution in [2.24, 2.45) is 25.9 Å². The second-order valence-corrected chi connectivity index (χ2v) is 6.21. The molecule has 8 heteroatoms. The molecule has 0 amide bonds. The first-order chi connectivity index (χ1) is 10.8. The molecule has 1 saturated carbocycles. The molecular weight excluding hydrogens is 300 g/mol. The fourth-order valence-corrected chi connectivity index (χ4v) is 3.22. The number of ether oxygens (including phenoxy) is 1. The van der Waals surface area contributed by atoms with Crippen LogP contribution in [0, 0.1) is 18.8 Å². The standard InChI is InChI=1S/C15H20N4O4/c1-8-16-12-11(17(8)2)13(20)19(15(22)18(12)3)7-9-5-10(6-9)14(21)23-4/h9-10H,5-7H2,1-4H3. The van der Waals surface area contributed by atoms with Crippen LogP contribution in [0.4, 0.5) is 0 Å². The maximum absolute atomic E-state index is 12.7. The number of imidazole rings is 1. The summed E-state index contributed by atoms with van der Waals surface area (Å²) in [5, 5.41) is 0. The summed E-state index contributed by atoms with van der Waals surface area (Å²) in [6.07, 6.45) is 1.29. The number of hydrogen-bond acceptors (Lipinski definition) is 5. The van der Waals surface area contributed by atoms with Crippen molar-refractivity contribution in [2.45, 2.75) is 26.3 Å². The van der Waals surface area contributed by atoms with Crippen molar-refractivity contribution in [1.29, 1.82) is 0 Å². The molecule has 1 aliphatic carbocycles. The Morgan fingerprint density at radius 3 is 2.52 bits per heavy atom. The quantitative estimate of drug-likeness (QED) is 0.739. The molecule has 1 aliphatic rings. The molecule has 0 saturated heterocycles. The zero-order chi connectivity index (χ0) is 16.9. The Morgan fingerprint density at radius 1 is 1.26 bits per heavy atom. The van der Waals surface area contributed by atoms with Gasteiger partial charge in [-0.25, -0.2) is 9.78 Å². The van der Waals surface area contributed by atoms with Crippen molar-refractivity contribution < 1.29 is 9.53 Å². The topological polar surface area (TPSA) is 88.1 Å². The van der Waals surface area contributed by atoms with E-state index in [1.54, 1.807) is 25.6 Å². The first kappa shape index (κ1) is 15.5. The van der Waals surface area contributed by atoms with Gasteiger partial charge >= 0.3 is 11.7 Å². The Balaban J connectivity index is 1.97. The summed E-state index contributed by atoms with van der Waals surface area (Å²) in [4.78, 5) is 40.9. The van der Waals surface area contributed by atoms with Gasteiger partial charge in [-0.2, -0.15) is 0 Å². The fourth-order valence-electron chi connectivity index (χ4n) is 3.22. The monoisotopic (exact) mass is 320 g/mol. The predicted molar refractivity (Wildman–Crippen MR) is 83.2 cm³/mol. The van der Waals surface area contributed by atoms with Gasteiger partial charge in [0, 0.05) is 20.6 Å². The van der Waals surface area contributed by atoms with Crippen LogP contribution in [-0.4, -0.2) is 31.8 Å². The summed E-state index contributed by atoms with van der Waals surface area (Å²) in [7, 11) is 4.75. The van der Waals surface area contributed by atoms with Crippen LogP contribution < -0.4 is 11.2 Å². The van der Waals surface area contributed by atoms with Gasteiger partial charge in [-0.15, -0.1) is 0 Å². The minimum atomic E-state index is -0.373. The fraction of sp³-hybridized carbons (Fsp3) is 0.600. The Bertz CT molecular complexity index is 899. The van der Waals surface area contributed by atoms with Crippen LogP contribution in [-0.2, 0) is 30.2 Å². The second kappa shape index (κ2) is 5.36. The average molecular weight is 320 g/mol. The number of esters is 1. The SMILES string of the molecule is COC(=O)C1CC(Cn2c(=O)c3c(nc(C)n3C)n(C)c2=O)C1. The van der Waals surface area contributed by atoms with Gasteiger partial charge in [0.05, 0.1) is 13.0 Å². The van der Waals surface area contributed by atoms with Crippen LogP contribution in [0.1, 0.15) is 18.7 Å². The maximum Gasteiger partial charge on any atom is 0.332 e. The van der Waals surface area contributed by atoms with E-state index >= 15 is 0 Å². The van der Waals surface area contributed by atoms with Crippen LogP contribution in [0.2, 0.25) is 0 Å². The molecule has 8 nitrogen and oxygen atoms in total. The molecule has 1 fully saturated rings. The average Bonchev–Trinajstić information content (AvgIpc) is 2.78. The van der Waals surface area contributed by atoms with Gasteiger partial charge < -0.3 is 9.30 Å². The lowest BCUT2D eigenvalue weighted by molar-refractivity contribution is -0.150. The number of hydrogen-bond donors (Lipinski definition) is 0. The lowest BCUT2D eigenvalue weighted by atomic mass is 9.75. The maximum atomic E-state index is 12.7. The molecule has 0 unspecified atom stereocenters. The summed E-state index contributed by atoms with van der Waals surface area (Å²) in [6.45, 7) is 2.11. The summed E-state index contributed by atoms with van der Waals surface area (Å²) < 4.78 is 9.07. The minimum Gasteiger partial charge on any atom is -0.469 e. The molecule has 2 aromatic rings. The Morgan fingerprint density at radius 2 is 1.91 bits per heavy atom. The van der Waals surface area contributed by atoms with Gasteiger partial charge in [0.15, 0.2) is 11.2 Å². The molecule has 124 valence electrons. The first-order valence-electron chi connectivity index (χ1n) is 7.55. The van der Waals surface area contributed by atoms with Crippen molar-refractivity contribution in [2.75, 3.05) is 7.11 Å².